The summed E-state index contributed by atoms with van der Waals surface area (Å²) in [5.74, 6) is 0. The zero-order chi connectivity index (χ0) is 24.6. The van der Waals surface area contributed by atoms with Gasteiger partial charge in [-0.15, -0.1) is 0 Å². The molecule has 1 nitrogen and oxygen atoms in total. The monoisotopic (exact) mass is 503 g/mol. The van der Waals surface area contributed by atoms with Crippen LogP contribution in [0.25, 0.3) is 43.8 Å². The molecule has 6 aromatic carbocycles. The van der Waals surface area contributed by atoms with Gasteiger partial charge in [0.2, 0.25) is 0 Å². The molecule has 0 bridgehead atoms. The molecule has 0 radical (unpaired) electrons. The van der Waals surface area contributed by atoms with Crippen molar-refractivity contribution in [2.75, 3.05) is 11.9 Å². The molecule has 174 valence electrons. The third-order valence-electron chi connectivity index (χ3n) is 6.82. The Bertz CT molecular complexity index is 1690. The number of rotatable bonds is 4. The minimum absolute atomic E-state index is 0.729. The summed E-state index contributed by atoms with van der Waals surface area (Å²) in [5, 5.41) is 5.72. The van der Waals surface area contributed by atoms with Crippen LogP contribution in [0.4, 0.5) is 11.4 Å². The molecule has 0 N–H and O–H groups in total. The SMILES string of the molecule is CN(c1ccccc1)c1ccc(-c2c3cccc(Cl)c3c(-c3ccccc3)c3cccc(Cl)c23)cc1. The molecule has 6 aromatic rings. The molecule has 0 saturated carbocycles. The number of benzene rings is 6. The Morgan fingerprint density at radius 2 is 0.889 bits per heavy atom. The summed E-state index contributed by atoms with van der Waals surface area (Å²) in [6.07, 6.45) is 0. The average Bonchev–Trinajstić information content (AvgIpc) is 2.93. The summed E-state index contributed by atoms with van der Waals surface area (Å²) < 4.78 is 0. The van der Waals surface area contributed by atoms with Gasteiger partial charge >= 0.3 is 0 Å². The molecule has 0 spiro atoms. The Kier molecular flexibility index (Phi) is 5.89. The molecular weight excluding hydrogens is 481 g/mol. The van der Waals surface area contributed by atoms with Crippen molar-refractivity contribution in [2.45, 2.75) is 0 Å². The average molecular weight is 504 g/mol. The van der Waals surface area contributed by atoms with E-state index in [1.165, 1.54) is 0 Å². The first-order chi connectivity index (χ1) is 17.6. The van der Waals surface area contributed by atoms with E-state index >= 15 is 0 Å². The van der Waals surface area contributed by atoms with Crippen molar-refractivity contribution in [2.24, 2.45) is 0 Å². The van der Waals surface area contributed by atoms with E-state index in [4.69, 9.17) is 23.2 Å². The van der Waals surface area contributed by atoms with E-state index in [0.29, 0.717) is 0 Å². The highest BCUT2D eigenvalue weighted by Gasteiger charge is 2.20. The van der Waals surface area contributed by atoms with Crippen molar-refractivity contribution in [3.63, 3.8) is 0 Å². The van der Waals surface area contributed by atoms with Gasteiger partial charge in [0.05, 0.1) is 0 Å². The lowest BCUT2D eigenvalue weighted by Crippen LogP contribution is -2.08. The smallest absolute Gasteiger partial charge is 0.0491 e. The lowest BCUT2D eigenvalue weighted by molar-refractivity contribution is 1.21. The third kappa shape index (κ3) is 3.82. The van der Waals surface area contributed by atoms with Gasteiger partial charge in [-0.3, -0.25) is 0 Å². The van der Waals surface area contributed by atoms with Crippen LogP contribution in [-0.4, -0.2) is 7.05 Å². The largest absolute Gasteiger partial charge is 0.345 e. The van der Waals surface area contributed by atoms with E-state index in [-0.39, 0.29) is 0 Å². The van der Waals surface area contributed by atoms with E-state index in [9.17, 15) is 0 Å². The highest BCUT2D eigenvalue weighted by molar-refractivity contribution is 6.42. The van der Waals surface area contributed by atoms with Crippen LogP contribution in [0.3, 0.4) is 0 Å². The standard InChI is InChI=1S/C33H23Cl2N/c1-36(24-12-6-3-7-13-24)25-20-18-23(19-21-25)31-27-15-9-16-28(34)32(27)30(22-10-4-2-5-11-22)26-14-8-17-29(35)33(26)31/h2-21H,1H3. The van der Waals surface area contributed by atoms with Gasteiger partial charge in [-0.2, -0.15) is 0 Å². The first kappa shape index (κ1) is 22.7. The molecule has 0 atom stereocenters. The van der Waals surface area contributed by atoms with Crippen molar-refractivity contribution in [1.29, 1.82) is 0 Å². The molecule has 0 fully saturated rings. The lowest BCUT2D eigenvalue weighted by atomic mass is 9.86. The molecule has 0 aliphatic heterocycles. The Morgan fingerprint density at radius 1 is 0.444 bits per heavy atom. The van der Waals surface area contributed by atoms with Crippen molar-refractivity contribution in [3.8, 4) is 22.3 Å². The van der Waals surface area contributed by atoms with Crippen molar-refractivity contribution < 1.29 is 0 Å². The molecular formula is C33H23Cl2N. The van der Waals surface area contributed by atoms with Crippen LogP contribution in [0, 0.1) is 0 Å². The fourth-order valence-corrected chi connectivity index (χ4v) is 5.64. The number of hydrogen-bond acceptors (Lipinski definition) is 1. The van der Waals surface area contributed by atoms with Crippen LogP contribution in [-0.2, 0) is 0 Å². The van der Waals surface area contributed by atoms with E-state index < -0.39 is 0 Å². The normalized spacial score (nSPS) is 11.2. The molecule has 0 aromatic heterocycles. The summed E-state index contributed by atoms with van der Waals surface area (Å²) >= 11 is 13.8. The van der Waals surface area contributed by atoms with Crippen LogP contribution in [0.15, 0.2) is 121 Å². The Morgan fingerprint density at radius 3 is 1.42 bits per heavy atom. The second kappa shape index (κ2) is 9.35. The van der Waals surface area contributed by atoms with E-state index in [0.717, 1.165) is 65.2 Å². The number of para-hydroxylation sites is 1. The molecule has 3 heteroatoms. The molecule has 0 aliphatic carbocycles. The molecule has 36 heavy (non-hydrogen) atoms. The van der Waals surface area contributed by atoms with Gasteiger partial charge in [-0.05, 0) is 69.4 Å². The van der Waals surface area contributed by atoms with Gasteiger partial charge in [0.1, 0.15) is 0 Å². The van der Waals surface area contributed by atoms with Gasteiger partial charge in [-0.25, -0.2) is 0 Å². The molecule has 0 unspecified atom stereocenters. The molecule has 0 amide bonds. The number of halogens is 2. The molecule has 0 aliphatic rings. The lowest BCUT2D eigenvalue weighted by Gasteiger charge is -2.21. The van der Waals surface area contributed by atoms with Crippen LogP contribution < -0.4 is 4.90 Å². The zero-order valence-electron chi connectivity index (χ0n) is 19.8. The summed E-state index contributed by atoms with van der Waals surface area (Å²) in [6, 6.07) is 41.7. The maximum Gasteiger partial charge on any atom is 0.0491 e. The van der Waals surface area contributed by atoms with Crippen LogP contribution >= 0.6 is 23.2 Å². The second-order valence-corrected chi connectivity index (χ2v) is 9.70. The van der Waals surface area contributed by atoms with Gasteiger partial charge in [0.15, 0.2) is 0 Å². The van der Waals surface area contributed by atoms with Gasteiger partial charge < -0.3 is 4.90 Å². The summed E-state index contributed by atoms with van der Waals surface area (Å²) in [7, 11) is 2.08. The fraction of sp³-hybridized carbons (Fsp3) is 0.0303. The Labute approximate surface area is 221 Å². The van der Waals surface area contributed by atoms with Gasteiger partial charge in [0.25, 0.3) is 0 Å². The zero-order valence-corrected chi connectivity index (χ0v) is 21.3. The predicted molar refractivity (Wildman–Crippen MR) is 157 cm³/mol. The number of fused-ring (bicyclic) bond motifs is 2. The van der Waals surface area contributed by atoms with E-state index in [1.807, 2.05) is 36.4 Å². The highest BCUT2D eigenvalue weighted by Crippen LogP contribution is 2.48. The van der Waals surface area contributed by atoms with Gasteiger partial charge in [-0.1, -0.05) is 108 Å². The van der Waals surface area contributed by atoms with E-state index in [2.05, 4.69) is 96.9 Å². The fourth-order valence-electron chi connectivity index (χ4n) is 5.10. The van der Waals surface area contributed by atoms with Crippen molar-refractivity contribution in [3.05, 3.63) is 131 Å². The summed E-state index contributed by atoms with van der Waals surface area (Å²) in [6.45, 7) is 0. The van der Waals surface area contributed by atoms with E-state index in [1.54, 1.807) is 0 Å². The minimum Gasteiger partial charge on any atom is -0.345 e. The quantitative estimate of drug-likeness (QED) is 0.216. The summed E-state index contributed by atoms with van der Waals surface area (Å²) in [5.41, 5.74) is 6.69. The number of hydrogen-bond donors (Lipinski definition) is 0. The maximum absolute atomic E-state index is 6.93. The van der Waals surface area contributed by atoms with Crippen LogP contribution in [0.5, 0.6) is 0 Å². The highest BCUT2D eigenvalue weighted by atomic mass is 35.5. The second-order valence-electron chi connectivity index (χ2n) is 8.88. The maximum atomic E-state index is 6.93. The minimum atomic E-state index is 0.729. The molecule has 6 rings (SSSR count). The molecule has 0 heterocycles. The van der Waals surface area contributed by atoms with Gasteiger partial charge in [0, 0.05) is 39.2 Å². The third-order valence-corrected chi connectivity index (χ3v) is 7.45. The topological polar surface area (TPSA) is 3.24 Å². The Balaban J connectivity index is 1.63. The first-order valence-corrected chi connectivity index (χ1v) is 12.7. The van der Waals surface area contributed by atoms with Crippen LogP contribution in [0.1, 0.15) is 0 Å². The Hall–Kier alpha value is -3.78. The summed E-state index contributed by atoms with van der Waals surface area (Å²) in [4.78, 5) is 2.18. The number of anilines is 2. The molecule has 0 saturated heterocycles. The van der Waals surface area contributed by atoms with Crippen LogP contribution in [0.2, 0.25) is 10.0 Å². The van der Waals surface area contributed by atoms with Crippen molar-refractivity contribution >= 4 is 56.1 Å². The first-order valence-electron chi connectivity index (χ1n) is 11.9. The van der Waals surface area contributed by atoms with Crippen molar-refractivity contribution in [1.82, 2.24) is 0 Å². The number of nitrogens with zero attached hydrogens (tertiary/aromatic N) is 1. The predicted octanol–water partition coefficient (Wildman–Crippen LogP) is 10.4.